The molecule has 134 valence electrons. The highest BCUT2D eigenvalue weighted by molar-refractivity contribution is 5.98. The van der Waals surface area contributed by atoms with Crippen LogP contribution < -0.4 is 9.47 Å². The Morgan fingerprint density at radius 3 is 2.64 bits per heavy atom. The van der Waals surface area contributed by atoms with Gasteiger partial charge in [-0.25, -0.2) is 0 Å². The highest BCUT2D eigenvalue weighted by Gasteiger charge is 2.36. The Morgan fingerprint density at radius 2 is 1.80 bits per heavy atom. The summed E-state index contributed by atoms with van der Waals surface area (Å²) in [5.41, 5.74) is 0.533. The fraction of sp³-hybridized carbons (Fsp3) is 0.556. The van der Waals surface area contributed by atoms with E-state index >= 15 is 0 Å². The third-order valence-corrected chi connectivity index (χ3v) is 4.99. The average Bonchev–Trinajstić information content (AvgIpc) is 3.15. The van der Waals surface area contributed by atoms with Gasteiger partial charge < -0.3 is 24.0 Å². The van der Waals surface area contributed by atoms with Crippen molar-refractivity contribution in [2.24, 2.45) is 0 Å². The molecule has 1 aromatic rings. The number of fused-ring (bicyclic) bond motifs is 1. The monoisotopic (exact) mass is 346 g/mol. The van der Waals surface area contributed by atoms with Gasteiger partial charge >= 0.3 is 0 Å². The second kappa shape index (κ2) is 6.92. The van der Waals surface area contributed by atoms with E-state index in [2.05, 4.69) is 0 Å². The lowest BCUT2D eigenvalue weighted by Gasteiger charge is -2.38. The van der Waals surface area contributed by atoms with Crippen LogP contribution in [0.2, 0.25) is 0 Å². The summed E-state index contributed by atoms with van der Waals surface area (Å²) in [5, 5.41) is 0. The molecule has 2 saturated heterocycles. The Balaban J connectivity index is 1.53. The van der Waals surface area contributed by atoms with Gasteiger partial charge in [-0.1, -0.05) is 0 Å². The van der Waals surface area contributed by atoms with Crippen LogP contribution >= 0.6 is 0 Å². The molecule has 7 heteroatoms. The molecular weight excluding hydrogens is 324 g/mol. The minimum absolute atomic E-state index is 0.0390. The molecule has 0 unspecified atom stereocenters. The zero-order valence-corrected chi connectivity index (χ0v) is 14.1. The largest absolute Gasteiger partial charge is 0.454 e. The van der Waals surface area contributed by atoms with Crippen molar-refractivity contribution in [2.45, 2.75) is 25.3 Å². The molecule has 2 fully saturated rings. The predicted molar refractivity (Wildman–Crippen MR) is 88.6 cm³/mol. The number of amides is 2. The summed E-state index contributed by atoms with van der Waals surface area (Å²) in [7, 11) is 0. The lowest BCUT2D eigenvalue weighted by molar-refractivity contribution is -0.141. The number of ether oxygens (including phenoxy) is 3. The van der Waals surface area contributed by atoms with Crippen molar-refractivity contribution in [3.63, 3.8) is 0 Å². The van der Waals surface area contributed by atoms with E-state index in [4.69, 9.17) is 14.2 Å². The lowest BCUT2D eigenvalue weighted by Crippen LogP contribution is -2.55. The zero-order valence-electron chi connectivity index (χ0n) is 14.1. The van der Waals surface area contributed by atoms with Crippen molar-refractivity contribution in [2.75, 3.05) is 39.6 Å². The molecule has 1 aromatic carbocycles. The molecule has 0 aromatic heterocycles. The molecule has 0 spiro atoms. The summed E-state index contributed by atoms with van der Waals surface area (Å²) in [4.78, 5) is 29.5. The molecule has 0 radical (unpaired) electrons. The van der Waals surface area contributed by atoms with Crippen LogP contribution in [0.25, 0.3) is 0 Å². The molecule has 3 aliphatic rings. The summed E-state index contributed by atoms with van der Waals surface area (Å²) in [6.07, 6.45) is 2.60. The summed E-state index contributed by atoms with van der Waals surface area (Å²) < 4.78 is 16.0. The molecule has 3 heterocycles. The Morgan fingerprint density at radius 1 is 1.00 bits per heavy atom. The van der Waals surface area contributed by atoms with Crippen molar-refractivity contribution in [1.82, 2.24) is 9.80 Å². The van der Waals surface area contributed by atoms with Crippen LogP contribution in [-0.4, -0.2) is 67.3 Å². The first kappa shape index (κ1) is 16.2. The number of nitrogens with zero attached hydrogens (tertiary/aromatic N) is 2. The van der Waals surface area contributed by atoms with Crippen LogP contribution in [0.3, 0.4) is 0 Å². The highest BCUT2D eigenvalue weighted by atomic mass is 16.7. The minimum Gasteiger partial charge on any atom is -0.454 e. The molecule has 25 heavy (non-hydrogen) atoms. The Labute approximate surface area is 146 Å². The minimum atomic E-state index is -0.384. The molecule has 2 amide bonds. The summed E-state index contributed by atoms with van der Waals surface area (Å²) in [6, 6.07) is 4.80. The first-order valence-corrected chi connectivity index (χ1v) is 8.81. The standard InChI is InChI=1S/C18H22N2O5/c21-17(13-4-5-15-16(11-13)25-12-24-15)20-6-2-1-3-14(20)18(22)19-7-9-23-10-8-19/h4-5,11,14H,1-3,6-10,12H2/t14-/m1/s1. The van der Waals surface area contributed by atoms with Crippen LogP contribution in [0.15, 0.2) is 18.2 Å². The maximum Gasteiger partial charge on any atom is 0.254 e. The molecule has 0 N–H and O–H groups in total. The average molecular weight is 346 g/mol. The normalized spacial score (nSPS) is 22.8. The first-order chi connectivity index (χ1) is 12.2. The van der Waals surface area contributed by atoms with Gasteiger partial charge in [-0.05, 0) is 37.5 Å². The fourth-order valence-corrected chi connectivity index (χ4v) is 3.62. The summed E-state index contributed by atoms with van der Waals surface area (Å²) >= 11 is 0. The van der Waals surface area contributed by atoms with Crippen molar-refractivity contribution in [3.8, 4) is 11.5 Å². The van der Waals surface area contributed by atoms with E-state index in [1.54, 1.807) is 23.1 Å². The van der Waals surface area contributed by atoms with E-state index in [-0.39, 0.29) is 24.6 Å². The van der Waals surface area contributed by atoms with Crippen LogP contribution in [0.4, 0.5) is 0 Å². The number of hydrogen-bond acceptors (Lipinski definition) is 5. The van der Waals surface area contributed by atoms with E-state index in [1.807, 2.05) is 4.90 Å². The number of piperidine rings is 1. The third-order valence-electron chi connectivity index (χ3n) is 4.99. The van der Waals surface area contributed by atoms with Crippen LogP contribution in [0, 0.1) is 0 Å². The van der Waals surface area contributed by atoms with Crippen LogP contribution in [0.1, 0.15) is 29.6 Å². The smallest absolute Gasteiger partial charge is 0.254 e. The van der Waals surface area contributed by atoms with Gasteiger partial charge in [0.05, 0.1) is 13.2 Å². The number of likely N-dealkylation sites (tertiary alicyclic amines) is 1. The van der Waals surface area contributed by atoms with Crippen molar-refractivity contribution in [1.29, 1.82) is 0 Å². The van der Waals surface area contributed by atoms with Gasteiger partial charge in [-0.15, -0.1) is 0 Å². The van der Waals surface area contributed by atoms with Crippen molar-refractivity contribution >= 4 is 11.8 Å². The molecule has 3 aliphatic heterocycles. The molecule has 0 aliphatic carbocycles. The molecule has 1 atom stereocenters. The van der Waals surface area contributed by atoms with Crippen molar-refractivity contribution in [3.05, 3.63) is 23.8 Å². The van der Waals surface area contributed by atoms with Crippen molar-refractivity contribution < 1.29 is 23.8 Å². The van der Waals surface area contributed by atoms with Crippen LogP contribution in [0.5, 0.6) is 11.5 Å². The van der Waals surface area contributed by atoms with Gasteiger partial charge in [-0.2, -0.15) is 0 Å². The Hall–Kier alpha value is -2.28. The van der Waals surface area contributed by atoms with Gasteiger partial charge in [0.15, 0.2) is 11.5 Å². The number of morpholine rings is 1. The van der Waals surface area contributed by atoms with E-state index in [0.29, 0.717) is 56.3 Å². The summed E-state index contributed by atoms with van der Waals surface area (Å²) in [6.45, 7) is 3.11. The van der Waals surface area contributed by atoms with Gasteiger partial charge in [0.1, 0.15) is 6.04 Å². The molecule has 4 rings (SSSR count). The summed E-state index contributed by atoms with van der Waals surface area (Å²) in [5.74, 6) is 1.15. The topological polar surface area (TPSA) is 68.3 Å². The molecule has 0 saturated carbocycles. The van der Waals surface area contributed by atoms with E-state index in [0.717, 1.165) is 12.8 Å². The molecule has 7 nitrogen and oxygen atoms in total. The maximum atomic E-state index is 13.0. The number of carbonyl (C=O) groups excluding carboxylic acids is 2. The van der Waals surface area contributed by atoms with Gasteiger partial charge in [0, 0.05) is 25.2 Å². The second-order valence-corrected chi connectivity index (χ2v) is 6.52. The van der Waals surface area contributed by atoms with E-state index in [9.17, 15) is 9.59 Å². The van der Waals surface area contributed by atoms with Gasteiger partial charge in [-0.3, -0.25) is 9.59 Å². The quantitative estimate of drug-likeness (QED) is 0.807. The van der Waals surface area contributed by atoms with E-state index in [1.165, 1.54) is 0 Å². The number of carbonyl (C=O) groups is 2. The maximum absolute atomic E-state index is 13.0. The highest BCUT2D eigenvalue weighted by Crippen LogP contribution is 2.33. The number of benzene rings is 1. The molecule has 0 bridgehead atoms. The number of rotatable bonds is 2. The van der Waals surface area contributed by atoms with Gasteiger partial charge in [0.2, 0.25) is 12.7 Å². The Kier molecular flexibility index (Phi) is 4.48. The predicted octanol–water partition coefficient (Wildman–Crippen LogP) is 1.27. The lowest BCUT2D eigenvalue weighted by atomic mass is 9.99. The van der Waals surface area contributed by atoms with Crippen LogP contribution in [-0.2, 0) is 9.53 Å². The fourth-order valence-electron chi connectivity index (χ4n) is 3.62. The molecular formula is C18H22N2O5. The van der Waals surface area contributed by atoms with E-state index < -0.39 is 0 Å². The second-order valence-electron chi connectivity index (χ2n) is 6.52. The Bertz CT molecular complexity index is 671. The SMILES string of the molecule is O=C([C@H]1CCCCN1C(=O)c1ccc2c(c1)OCO2)N1CCOCC1. The first-order valence-electron chi connectivity index (χ1n) is 8.81. The number of hydrogen-bond donors (Lipinski definition) is 0. The third kappa shape index (κ3) is 3.16. The van der Waals surface area contributed by atoms with Gasteiger partial charge in [0.25, 0.3) is 5.91 Å². The zero-order chi connectivity index (χ0) is 17.2.